The summed E-state index contributed by atoms with van der Waals surface area (Å²) < 4.78 is 14.5. The summed E-state index contributed by atoms with van der Waals surface area (Å²) in [6.45, 7) is 3.38. The van der Waals surface area contributed by atoms with Crippen LogP contribution in [-0.2, 0) is 9.59 Å². The third-order valence-electron chi connectivity index (χ3n) is 3.15. The topological polar surface area (TPSA) is 49.4 Å². The van der Waals surface area contributed by atoms with Gasteiger partial charge in [0.1, 0.15) is 17.9 Å². The smallest absolute Gasteiger partial charge is 0.250 e. The number of amides is 2. The monoisotopic (exact) mass is 328 g/mol. The van der Waals surface area contributed by atoms with Gasteiger partial charge in [-0.2, -0.15) is 0 Å². The van der Waals surface area contributed by atoms with Crippen molar-refractivity contribution in [1.29, 1.82) is 0 Å². The Morgan fingerprint density at radius 2 is 2.11 bits per heavy atom. The molecule has 102 valence electrons. The number of anilines is 1. The fourth-order valence-electron chi connectivity index (χ4n) is 2.20. The van der Waals surface area contributed by atoms with Crippen molar-refractivity contribution >= 4 is 33.4 Å². The minimum atomic E-state index is -0.683. The molecule has 0 bridgehead atoms. The molecule has 0 spiro atoms. The van der Waals surface area contributed by atoms with Gasteiger partial charge in [-0.15, -0.1) is 0 Å². The highest BCUT2D eigenvalue weighted by Crippen LogP contribution is 2.33. The van der Waals surface area contributed by atoms with Gasteiger partial charge in [-0.25, -0.2) is 4.39 Å². The summed E-state index contributed by atoms with van der Waals surface area (Å²) in [6, 6.07) is 3.13. The molecular weight excluding hydrogens is 315 g/mol. The van der Waals surface area contributed by atoms with Crippen molar-refractivity contribution < 1.29 is 14.0 Å². The lowest BCUT2D eigenvalue weighted by molar-refractivity contribution is -0.133. The Bertz CT molecular complexity index is 515. The van der Waals surface area contributed by atoms with Crippen LogP contribution in [0.3, 0.4) is 0 Å². The average molecular weight is 329 g/mol. The van der Waals surface area contributed by atoms with Gasteiger partial charge in [0.25, 0.3) is 0 Å². The number of hydrogen-bond acceptors (Lipinski definition) is 2. The summed E-state index contributed by atoms with van der Waals surface area (Å²) in [6.07, 6.45) is 0.422. The first kappa shape index (κ1) is 14.0. The van der Waals surface area contributed by atoms with Crippen LogP contribution >= 0.6 is 15.9 Å². The summed E-state index contributed by atoms with van der Waals surface area (Å²) in [5.74, 6) is -1.09. The molecule has 1 aromatic rings. The van der Waals surface area contributed by atoms with Crippen molar-refractivity contribution in [2.24, 2.45) is 0 Å². The highest BCUT2D eigenvalue weighted by atomic mass is 79.9. The SMILES string of the molecule is CCC1C(=O)NC(C)C(=O)N1c1c(F)cccc1Br. The Morgan fingerprint density at radius 1 is 1.42 bits per heavy atom. The molecule has 0 aliphatic carbocycles. The Balaban J connectivity index is 2.55. The maximum absolute atomic E-state index is 14.0. The number of nitrogens with zero attached hydrogens (tertiary/aromatic N) is 1. The lowest BCUT2D eigenvalue weighted by Gasteiger charge is -2.38. The molecule has 2 unspecified atom stereocenters. The molecule has 1 heterocycles. The van der Waals surface area contributed by atoms with Gasteiger partial charge in [0.2, 0.25) is 11.8 Å². The number of piperazine rings is 1. The zero-order chi connectivity index (χ0) is 14.2. The minimum Gasteiger partial charge on any atom is -0.343 e. The predicted octanol–water partition coefficient (Wildman–Crippen LogP) is 2.22. The molecule has 2 atom stereocenters. The zero-order valence-corrected chi connectivity index (χ0v) is 12.2. The number of nitrogens with one attached hydrogen (secondary N) is 1. The van der Waals surface area contributed by atoms with E-state index in [1.807, 2.05) is 0 Å². The highest BCUT2D eigenvalue weighted by molar-refractivity contribution is 9.10. The molecule has 1 aliphatic heterocycles. The molecular formula is C13H14BrFN2O2. The van der Waals surface area contributed by atoms with E-state index in [9.17, 15) is 14.0 Å². The molecule has 1 aliphatic rings. The van der Waals surface area contributed by atoms with Gasteiger partial charge in [-0.3, -0.25) is 14.5 Å². The number of carbonyl (C=O) groups is 2. The third-order valence-corrected chi connectivity index (χ3v) is 3.79. The van der Waals surface area contributed by atoms with E-state index in [2.05, 4.69) is 21.2 Å². The molecule has 4 nitrogen and oxygen atoms in total. The van der Waals surface area contributed by atoms with Crippen LogP contribution in [0.4, 0.5) is 10.1 Å². The van der Waals surface area contributed by atoms with E-state index in [0.717, 1.165) is 0 Å². The van der Waals surface area contributed by atoms with E-state index in [1.165, 1.54) is 11.0 Å². The summed E-state index contributed by atoms with van der Waals surface area (Å²) >= 11 is 3.24. The van der Waals surface area contributed by atoms with Crippen molar-refractivity contribution in [2.45, 2.75) is 32.4 Å². The number of benzene rings is 1. The maximum atomic E-state index is 14.0. The number of para-hydroxylation sites is 1. The van der Waals surface area contributed by atoms with Crippen LogP contribution in [0.1, 0.15) is 20.3 Å². The minimum absolute atomic E-state index is 0.126. The van der Waals surface area contributed by atoms with Crippen molar-refractivity contribution in [3.8, 4) is 0 Å². The molecule has 0 radical (unpaired) electrons. The van der Waals surface area contributed by atoms with Crippen LogP contribution in [0.5, 0.6) is 0 Å². The van der Waals surface area contributed by atoms with Gasteiger partial charge in [-0.1, -0.05) is 13.0 Å². The van der Waals surface area contributed by atoms with Crippen LogP contribution in [0.2, 0.25) is 0 Å². The number of rotatable bonds is 2. The van der Waals surface area contributed by atoms with Gasteiger partial charge in [0, 0.05) is 4.47 Å². The molecule has 1 saturated heterocycles. The summed E-state index contributed by atoms with van der Waals surface area (Å²) in [5, 5.41) is 2.60. The Hall–Kier alpha value is -1.43. The van der Waals surface area contributed by atoms with E-state index in [4.69, 9.17) is 0 Å². The number of halogens is 2. The molecule has 6 heteroatoms. The summed E-state index contributed by atoms with van der Waals surface area (Å²) in [5.41, 5.74) is 0.126. The van der Waals surface area contributed by atoms with Crippen LogP contribution < -0.4 is 10.2 Å². The predicted molar refractivity (Wildman–Crippen MR) is 73.3 cm³/mol. The van der Waals surface area contributed by atoms with E-state index in [0.29, 0.717) is 10.9 Å². The summed E-state index contributed by atoms with van der Waals surface area (Å²) in [4.78, 5) is 25.5. The second-order valence-electron chi connectivity index (χ2n) is 4.43. The summed E-state index contributed by atoms with van der Waals surface area (Å²) in [7, 11) is 0. The zero-order valence-electron chi connectivity index (χ0n) is 10.6. The third kappa shape index (κ3) is 2.36. The van der Waals surface area contributed by atoms with Gasteiger partial charge in [0.15, 0.2) is 0 Å². The fourth-order valence-corrected chi connectivity index (χ4v) is 2.74. The van der Waals surface area contributed by atoms with E-state index < -0.39 is 17.9 Å². The lowest BCUT2D eigenvalue weighted by atomic mass is 10.0. The first-order chi connectivity index (χ1) is 8.97. The average Bonchev–Trinajstić information content (AvgIpc) is 2.35. The molecule has 2 amide bonds. The molecule has 1 fully saturated rings. The Labute approximate surface area is 119 Å². The second kappa shape index (κ2) is 5.28. The first-order valence-corrected chi connectivity index (χ1v) is 6.84. The van der Waals surface area contributed by atoms with E-state index >= 15 is 0 Å². The standard InChI is InChI=1S/C13H14BrFN2O2/c1-3-10-12(18)16-7(2)13(19)17(10)11-8(14)5-4-6-9(11)15/h4-7,10H,3H2,1-2H3,(H,16,18). The van der Waals surface area contributed by atoms with Gasteiger partial charge in [0.05, 0.1) is 5.69 Å². The van der Waals surface area contributed by atoms with Crippen molar-refractivity contribution in [3.63, 3.8) is 0 Å². The lowest BCUT2D eigenvalue weighted by Crippen LogP contribution is -2.62. The highest BCUT2D eigenvalue weighted by Gasteiger charge is 2.40. The van der Waals surface area contributed by atoms with Gasteiger partial charge >= 0.3 is 0 Å². The molecule has 0 aromatic heterocycles. The maximum Gasteiger partial charge on any atom is 0.250 e. The van der Waals surface area contributed by atoms with Gasteiger partial charge < -0.3 is 5.32 Å². The molecule has 2 rings (SSSR count). The molecule has 19 heavy (non-hydrogen) atoms. The molecule has 0 saturated carbocycles. The van der Waals surface area contributed by atoms with Crippen LogP contribution in [0, 0.1) is 5.82 Å². The van der Waals surface area contributed by atoms with Crippen molar-refractivity contribution in [2.75, 3.05) is 4.90 Å². The van der Waals surface area contributed by atoms with Crippen molar-refractivity contribution in [3.05, 3.63) is 28.5 Å². The van der Waals surface area contributed by atoms with E-state index in [-0.39, 0.29) is 17.5 Å². The Morgan fingerprint density at radius 3 is 2.68 bits per heavy atom. The number of hydrogen-bond donors (Lipinski definition) is 1. The Kier molecular flexibility index (Phi) is 3.89. The van der Waals surface area contributed by atoms with Crippen LogP contribution in [0.15, 0.2) is 22.7 Å². The van der Waals surface area contributed by atoms with Gasteiger partial charge in [-0.05, 0) is 41.4 Å². The quantitative estimate of drug-likeness (QED) is 0.904. The van der Waals surface area contributed by atoms with Crippen LogP contribution in [0.25, 0.3) is 0 Å². The largest absolute Gasteiger partial charge is 0.343 e. The number of carbonyl (C=O) groups excluding carboxylic acids is 2. The molecule has 1 aromatic carbocycles. The van der Waals surface area contributed by atoms with Crippen LogP contribution in [-0.4, -0.2) is 23.9 Å². The first-order valence-electron chi connectivity index (χ1n) is 6.04. The van der Waals surface area contributed by atoms with Crippen molar-refractivity contribution in [1.82, 2.24) is 5.32 Å². The normalized spacial score (nSPS) is 23.5. The van der Waals surface area contributed by atoms with E-state index in [1.54, 1.807) is 26.0 Å². The fraction of sp³-hybridized carbons (Fsp3) is 0.385. The molecule has 1 N–H and O–H groups in total. The second-order valence-corrected chi connectivity index (χ2v) is 5.29.